The summed E-state index contributed by atoms with van der Waals surface area (Å²) in [5.74, 6) is 0.983. The minimum Gasteiger partial charge on any atom is -0.494 e. The largest absolute Gasteiger partial charge is 0.494 e. The molecule has 120 valence electrons. The normalized spacial score (nSPS) is 11.0. The van der Waals surface area contributed by atoms with Crippen LogP contribution in [0.15, 0.2) is 30.3 Å². The van der Waals surface area contributed by atoms with Crippen LogP contribution in [0.1, 0.15) is 57.8 Å². The van der Waals surface area contributed by atoms with Crippen LogP contribution in [0.2, 0.25) is 6.04 Å². The molecule has 21 heavy (non-hydrogen) atoms. The number of ether oxygens (including phenoxy) is 1. The van der Waals surface area contributed by atoms with Gasteiger partial charge in [-0.25, -0.2) is 0 Å². The summed E-state index contributed by atoms with van der Waals surface area (Å²) in [6.45, 7) is 0.839. The van der Waals surface area contributed by atoms with E-state index in [-0.39, 0.29) is 0 Å². The molecule has 0 aromatic heterocycles. The first-order chi connectivity index (χ1) is 10.3. The third-order valence-electron chi connectivity index (χ3n) is 3.58. The van der Waals surface area contributed by atoms with Crippen LogP contribution in [0.3, 0.4) is 0 Å². The molecule has 0 bridgehead atoms. The van der Waals surface area contributed by atoms with Gasteiger partial charge in [0, 0.05) is 0 Å². The zero-order valence-corrected chi connectivity index (χ0v) is 15.6. The molecule has 0 fully saturated rings. The summed E-state index contributed by atoms with van der Waals surface area (Å²) in [5.41, 5.74) is 0. The zero-order chi connectivity index (χ0) is 15.2. The van der Waals surface area contributed by atoms with Gasteiger partial charge >= 0.3 is 0 Å². The standard InChI is InChI=1S/C17H28Cl2OSi/c18-21(19)16-12-7-5-3-1-2-4-6-11-15-20-17-13-9-8-10-14-17/h8-10,13-14,21H,1-7,11-12,15-16H2. The second-order valence-electron chi connectivity index (χ2n) is 5.52. The Morgan fingerprint density at radius 1 is 0.714 bits per heavy atom. The fourth-order valence-electron chi connectivity index (χ4n) is 2.34. The van der Waals surface area contributed by atoms with Gasteiger partial charge in [-0.2, -0.15) is 22.2 Å². The van der Waals surface area contributed by atoms with Crippen LogP contribution in [0.4, 0.5) is 0 Å². The Bertz CT molecular complexity index is 333. The monoisotopic (exact) mass is 346 g/mol. The Kier molecular flexibility index (Phi) is 12.1. The van der Waals surface area contributed by atoms with Gasteiger partial charge in [0.2, 0.25) is 7.42 Å². The number of hydrogen-bond acceptors (Lipinski definition) is 1. The van der Waals surface area contributed by atoms with E-state index in [1.165, 1.54) is 51.4 Å². The number of rotatable bonds is 13. The van der Waals surface area contributed by atoms with Gasteiger partial charge in [-0.15, -0.1) is 0 Å². The predicted octanol–water partition coefficient (Wildman–Crippen LogP) is 6.27. The van der Waals surface area contributed by atoms with Crippen LogP contribution in [0.5, 0.6) is 5.75 Å². The highest BCUT2D eigenvalue weighted by Crippen LogP contribution is 2.14. The minimum absolute atomic E-state index is 0.839. The summed E-state index contributed by atoms with van der Waals surface area (Å²) in [5, 5.41) is 0. The van der Waals surface area contributed by atoms with E-state index in [0.29, 0.717) is 0 Å². The molecule has 1 nitrogen and oxygen atoms in total. The van der Waals surface area contributed by atoms with Crippen LogP contribution in [-0.2, 0) is 0 Å². The second-order valence-corrected chi connectivity index (χ2v) is 10.7. The molecular formula is C17H28Cl2OSi. The lowest BCUT2D eigenvalue weighted by Gasteiger charge is -2.06. The first kappa shape index (κ1) is 18.9. The summed E-state index contributed by atoms with van der Waals surface area (Å²) in [6, 6.07) is 11.1. The maximum absolute atomic E-state index is 5.83. The van der Waals surface area contributed by atoms with Gasteiger partial charge in [0.15, 0.2) is 0 Å². The average molecular weight is 347 g/mol. The molecule has 1 aromatic rings. The fraction of sp³-hybridized carbons (Fsp3) is 0.647. The molecule has 0 aliphatic carbocycles. The van der Waals surface area contributed by atoms with E-state index in [9.17, 15) is 0 Å². The van der Waals surface area contributed by atoms with Crippen molar-refractivity contribution in [3.05, 3.63) is 30.3 Å². The molecule has 1 rings (SSSR count). The smallest absolute Gasteiger partial charge is 0.237 e. The Labute approximate surface area is 141 Å². The van der Waals surface area contributed by atoms with Gasteiger partial charge in [0.25, 0.3) is 0 Å². The van der Waals surface area contributed by atoms with E-state index in [1.54, 1.807) is 0 Å². The molecule has 0 saturated carbocycles. The predicted molar refractivity (Wildman–Crippen MR) is 97.2 cm³/mol. The highest BCUT2D eigenvalue weighted by molar-refractivity contribution is 7.33. The molecule has 0 aliphatic rings. The van der Waals surface area contributed by atoms with Crippen molar-refractivity contribution in [2.45, 2.75) is 63.8 Å². The van der Waals surface area contributed by atoms with Crippen LogP contribution in [0, 0.1) is 0 Å². The van der Waals surface area contributed by atoms with E-state index in [4.69, 9.17) is 26.9 Å². The van der Waals surface area contributed by atoms with Gasteiger partial charge in [-0.3, -0.25) is 0 Å². The summed E-state index contributed by atoms with van der Waals surface area (Å²) < 4.78 is 5.68. The number of unbranched alkanes of at least 4 members (excludes halogenated alkanes) is 8. The Balaban J connectivity index is 1.77. The maximum atomic E-state index is 5.83. The second kappa shape index (κ2) is 13.5. The molecule has 0 radical (unpaired) electrons. The molecule has 4 heteroatoms. The SMILES string of the molecule is Cl[SiH](Cl)CCCCCCCCCCCOc1ccccc1. The molecule has 0 N–H and O–H groups in total. The third-order valence-corrected chi connectivity index (χ3v) is 5.73. The van der Waals surface area contributed by atoms with Crippen molar-refractivity contribution in [3.8, 4) is 5.75 Å². The first-order valence-electron chi connectivity index (χ1n) is 8.25. The Morgan fingerprint density at radius 3 is 1.81 bits per heavy atom. The number of benzene rings is 1. The topological polar surface area (TPSA) is 9.23 Å². The van der Waals surface area contributed by atoms with Crippen molar-refractivity contribution in [1.29, 1.82) is 0 Å². The highest BCUT2D eigenvalue weighted by atomic mass is 35.7. The molecule has 0 aliphatic heterocycles. The number of halogens is 2. The third kappa shape index (κ3) is 12.1. The summed E-state index contributed by atoms with van der Waals surface area (Å²) in [6.07, 6.45) is 11.7. The molecule has 0 saturated heterocycles. The van der Waals surface area contributed by atoms with Crippen molar-refractivity contribution < 1.29 is 4.74 Å². The van der Waals surface area contributed by atoms with Crippen molar-refractivity contribution in [2.75, 3.05) is 6.61 Å². The highest BCUT2D eigenvalue weighted by Gasteiger charge is 2.00. The average Bonchev–Trinajstić information content (AvgIpc) is 2.49. The quantitative estimate of drug-likeness (QED) is 0.232. The van der Waals surface area contributed by atoms with Gasteiger partial charge in [-0.1, -0.05) is 69.6 Å². The van der Waals surface area contributed by atoms with E-state index >= 15 is 0 Å². The van der Waals surface area contributed by atoms with E-state index < -0.39 is 7.42 Å². The number of hydrogen-bond donors (Lipinski definition) is 0. The molecule has 0 heterocycles. The lowest BCUT2D eigenvalue weighted by atomic mass is 10.1. The molecule has 0 unspecified atom stereocenters. The van der Waals surface area contributed by atoms with Crippen molar-refractivity contribution in [3.63, 3.8) is 0 Å². The Morgan fingerprint density at radius 2 is 1.24 bits per heavy atom. The molecule has 1 aromatic carbocycles. The van der Waals surface area contributed by atoms with Gasteiger partial charge in [0.1, 0.15) is 5.75 Å². The van der Waals surface area contributed by atoms with E-state index in [1.807, 2.05) is 30.3 Å². The molecule has 0 amide bonds. The van der Waals surface area contributed by atoms with Crippen LogP contribution in [-0.4, -0.2) is 14.0 Å². The Hall–Kier alpha value is -0.183. The van der Waals surface area contributed by atoms with E-state index in [2.05, 4.69) is 0 Å². The summed E-state index contributed by atoms with van der Waals surface area (Å²) >= 11 is 11.7. The fourth-order valence-corrected chi connectivity index (χ4v) is 3.87. The molecule has 0 atom stereocenters. The van der Waals surface area contributed by atoms with Crippen molar-refractivity contribution >= 4 is 29.6 Å². The van der Waals surface area contributed by atoms with Crippen LogP contribution in [0.25, 0.3) is 0 Å². The summed E-state index contributed by atoms with van der Waals surface area (Å²) in [4.78, 5) is 0. The molecular weight excluding hydrogens is 319 g/mol. The van der Waals surface area contributed by atoms with Crippen molar-refractivity contribution in [2.24, 2.45) is 0 Å². The first-order valence-corrected chi connectivity index (χ1v) is 12.6. The molecule has 0 spiro atoms. The van der Waals surface area contributed by atoms with Gasteiger partial charge in [0.05, 0.1) is 6.61 Å². The van der Waals surface area contributed by atoms with Crippen LogP contribution < -0.4 is 4.74 Å². The van der Waals surface area contributed by atoms with Gasteiger partial charge < -0.3 is 4.74 Å². The lowest BCUT2D eigenvalue weighted by Crippen LogP contribution is -1.96. The summed E-state index contributed by atoms with van der Waals surface area (Å²) in [7, 11) is -1.34. The number of para-hydroxylation sites is 1. The minimum atomic E-state index is -1.34. The van der Waals surface area contributed by atoms with Crippen LogP contribution >= 0.6 is 22.2 Å². The van der Waals surface area contributed by atoms with E-state index in [0.717, 1.165) is 24.8 Å². The maximum Gasteiger partial charge on any atom is 0.237 e. The van der Waals surface area contributed by atoms with Crippen molar-refractivity contribution in [1.82, 2.24) is 0 Å². The lowest BCUT2D eigenvalue weighted by molar-refractivity contribution is 0.304. The van der Waals surface area contributed by atoms with Gasteiger partial charge in [-0.05, 0) is 24.6 Å². The zero-order valence-electron chi connectivity index (χ0n) is 12.9.